The topological polar surface area (TPSA) is 102 Å². The monoisotopic (exact) mass is 365 g/mol. The van der Waals surface area contributed by atoms with Crippen LogP contribution in [0.25, 0.3) is 0 Å². The molecule has 0 rings (SSSR count). The number of carbonyl (C=O) groups is 3. The molecule has 0 aromatic heterocycles. The average Bonchev–Trinajstić information content (AvgIpc) is 2.21. The number of amides is 3. The highest BCUT2D eigenvalue weighted by atomic mass is 35.6. The van der Waals surface area contributed by atoms with E-state index in [2.05, 4.69) is 4.84 Å². The van der Waals surface area contributed by atoms with Gasteiger partial charge in [-0.15, -0.1) is 0 Å². The van der Waals surface area contributed by atoms with Crippen LogP contribution in [0.5, 0.6) is 0 Å². The van der Waals surface area contributed by atoms with Gasteiger partial charge in [-0.2, -0.15) is 5.48 Å². The molecule has 1 atom stereocenters. The van der Waals surface area contributed by atoms with Crippen molar-refractivity contribution in [2.45, 2.75) is 22.9 Å². The van der Waals surface area contributed by atoms with Crippen LogP contribution in [0.4, 0.5) is 4.79 Å². The van der Waals surface area contributed by atoms with Gasteiger partial charge in [-0.1, -0.05) is 41.7 Å². The molecule has 0 aliphatic rings. The summed E-state index contributed by atoms with van der Waals surface area (Å²) in [6, 6.07) is 0. The first-order chi connectivity index (χ1) is 9.01. The Kier molecular flexibility index (Phi) is 8.41. The molecule has 3 amide bonds. The summed E-state index contributed by atoms with van der Waals surface area (Å²) in [5.74, 6) is -1.35. The molecule has 20 heavy (non-hydrogen) atoms. The quantitative estimate of drug-likeness (QED) is 0.440. The zero-order chi connectivity index (χ0) is 15.9. The maximum absolute atomic E-state index is 11.4. The van der Waals surface area contributed by atoms with Crippen molar-refractivity contribution in [1.82, 2.24) is 9.79 Å². The SMILES string of the molecule is C[C@H](CC(N)=O)CC(=O)NOC(=O)N(C)SC(Cl)(Cl)Cl. The number of nitrogens with zero attached hydrogens (tertiary/aromatic N) is 1. The Balaban J connectivity index is 4.06. The second kappa shape index (κ2) is 8.66. The zero-order valence-electron chi connectivity index (χ0n) is 10.7. The Labute approximate surface area is 135 Å². The van der Waals surface area contributed by atoms with E-state index in [0.29, 0.717) is 11.9 Å². The molecule has 0 aliphatic carbocycles. The Hall–Kier alpha value is -0.570. The summed E-state index contributed by atoms with van der Waals surface area (Å²) >= 11 is 17.0. The molecule has 0 saturated carbocycles. The highest BCUT2D eigenvalue weighted by molar-refractivity contribution is 8.03. The second-order valence-electron chi connectivity index (χ2n) is 3.91. The predicted octanol–water partition coefficient (Wildman–Crippen LogP) is 1.96. The third kappa shape index (κ3) is 10.2. The molecule has 7 nitrogen and oxygen atoms in total. The number of rotatable bonds is 5. The molecule has 11 heteroatoms. The van der Waals surface area contributed by atoms with E-state index in [4.69, 9.17) is 40.5 Å². The van der Waals surface area contributed by atoms with E-state index >= 15 is 0 Å². The molecule has 0 fully saturated rings. The van der Waals surface area contributed by atoms with E-state index < -0.39 is 21.0 Å². The van der Waals surface area contributed by atoms with Crippen LogP contribution in [0.15, 0.2) is 0 Å². The number of primary amides is 1. The van der Waals surface area contributed by atoms with Crippen LogP contribution >= 0.6 is 46.8 Å². The van der Waals surface area contributed by atoms with Gasteiger partial charge in [0.2, 0.25) is 5.91 Å². The summed E-state index contributed by atoms with van der Waals surface area (Å²) in [7, 11) is 1.30. The molecule has 0 radical (unpaired) electrons. The molecule has 0 bridgehead atoms. The summed E-state index contributed by atoms with van der Waals surface area (Å²) in [4.78, 5) is 37.9. The number of hydrogen-bond donors (Lipinski definition) is 2. The summed E-state index contributed by atoms with van der Waals surface area (Å²) in [5.41, 5.74) is 6.92. The minimum absolute atomic E-state index is 0.0163. The van der Waals surface area contributed by atoms with E-state index in [1.807, 2.05) is 5.48 Å². The second-order valence-corrected chi connectivity index (χ2v) is 8.20. The van der Waals surface area contributed by atoms with E-state index in [9.17, 15) is 14.4 Å². The van der Waals surface area contributed by atoms with Gasteiger partial charge in [0.25, 0.3) is 9.03 Å². The fourth-order valence-corrected chi connectivity index (χ4v) is 2.49. The van der Waals surface area contributed by atoms with Crippen molar-refractivity contribution in [2.24, 2.45) is 11.7 Å². The molecule has 0 unspecified atom stereocenters. The lowest BCUT2D eigenvalue weighted by molar-refractivity contribution is -0.130. The third-order valence-corrected chi connectivity index (χ3v) is 3.08. The van der Waals surface area contributed by atoms with Gasteiger partial charge in [0.1, 0.15) is 0 Å². The minimum Gasteiger partial charge on any atom is -0.370 e. The summed E-state index contributed by atoms with van der Waals surface area (Å²) < 4.78 is -0.825. The van der Waals surface area contributed by atoms with Gasteiger partial charge in [-0.3, -0.25) is 9.59 Å². The van der Waals surface area contributed by atoms with Gasteiger partial charge in [0.05, 0.1) is 0 Å². The largest absolute Gasteiger partial charge is 0.444 e. The van der Waals surface area contributed by atoms with Crippen molar-refractivity contribution in [3.63, 3.8) is 0 Å². The van der Waals surface area contributed by atoms with Crippen LogP contribution in [0.1, 0.15) is 19.8 Å². The molecule has 0 aliphatic heterocycles. The van der Waals surface area contributed by atoms with Crippen LogP contribution < -0.4 is 11.2 Å². The van der Waals surface area contributed by atoms with E-state index in [1.54, 1.807) is 6.92 Å². The fraction of sp³-hybridized carbons (Fsp3) is 0.667. The fourth-order valence-electron chi connectivity index (χ4n) is 1.13. The molecule has 116 valence electrons. The number of hydrogen-bond acceptors (Lipinski definition) is 5. The lowest BCUT2D eigenvalue weighted by Gasteiger charge is -2.19. The third-order valence-electron chi connectivity index (χ3n) is 1.83. The Morgan fingerprint density at radius 3 is 2.35 bits per heavy atom. The van der Waals surface area contributed by atoms with Crippen molar-refractivity contribution >= 4 is 64.7 Å². The van der Waals surface area contributed by atoms with Crippen molar-refractivity contribution in [2.75, 3.05) is 7.05 Å². The van der Waals surface area contributed by atoms with Gasteiger partial charge < -0.3 is 10.6 Å². The summed E-state index contributed by atoms with van der Waals surface area (Å²) in [6.45, 7) is 1.66. The number of alkyl halides is 3. The van der Waals surface area contributed by atoms with Gasteiger partial charge in [-0.25, -0.2) is 9.10 Å². The first kappa shape index (κ1) is 19.4. The first-order valence-corrected chi connectivity index (χ1v) is 7.19. The lowest BCUT2D eigenvalue weighted by Crippen LogP contribution is -2.34. The van der Waals surface area contributed by atoms with Gasteiger partial charge >= 0.3 is 6.09 Å². The Bertz CT molecular complexity index is 378. The van der Waals surface area contributed by atoms with Crippen molar-refractivity contribution in [1.29, 1.82) is 0 Å². The van der Waals surface area contributed by atoms with Crippen molar-refractivity contribution in [3.8, 4) is 0 Å². The summed E-state index contributed by atoms with van der Waals surface area (Å²) in [6.07, 6.45) is -0.876. The minimum atomic E-state index is -1.73. The van der Waals surface area contributed by atoms with Crippen LogP contribution in [0.2, 0.25) is 0 Å². The molecule has 0 heterocycles. The molecule has 0 aromatic rings. The lowest BCUT2D eigenvalue weighted by atomic mass is 10.0. The maximum atomic E-state index is 11.4. The first-order valence-electron chi connectivity index (χ1n) is 5.28. The molecular weight excluding hydrogens is 353 g/mol. The average molecular weight is 367 g/mol. The number of carbonyl (C=O) groups excluding carboxylic acids is 3. The molecule has 0 aromatic carbocycles. The van der Waals surface area contributed by atoms with Crippen LogP contribution in [0, 0.1) is 5.92 Å². The number of halogens is 3. The molecule has 0 saturated heterocycles. The Morgan fingerprint density at radius 1 is 1.35 bits per heavy atom. The Morgan fingerprint density at radius 2 is 1.90 bits per heavy atom. The van der Waals surface area contributed by atoms with Crippen LogP contribution in [-0.2, 0) is 14.4 Å². The van der Waals surface area contributed by atoms with Crippen LogP contribution in [-0.4, -0.2) is 32.4 Å². The van der Waals surface area contributed by atoms with Gasteiger partial charge in [0.15, 0.2) is 0 Å². The van der Waals surface area contributed by atoms with Crippen molar-refractivity contribution in [3.05, 3.63) is 0 Å². The van der Waals surface area contributed by atoms with E-state index in [1.165, 1.54) is 7.05 Å². The summed E-state index contributed by atoms with van der Waals surface area (Å²) in [5, 5.41) is 0. The number of nitrogens with two attached hydrogens (primary N) is 1. The van der Waals surface area contributed by atoms with Crippen LogP contribution in [0.3, 0.4) is 0 Å². The van der Waals surface area contributed by atoms with Crippen molar-refractivity contribution < 1.29 is 19.2 Å². The highest BCUT2D eigenvalue weighted by Crippen LogP contribution is 2.40. The standard InChI is InChI=1S/C9H14Cl3N3O4S/c1-5(3-6(13)16)4-7(17)14-19-8(18)15(2)20-9(10,11)12/h5H,3-4H2,1-2H3,(H2,13,16)(H,14,17)/t5-/m1/s1. The zero-order valence-corrected chi connectivity index (χ0v) is 13.8. The van der Waals surface area contributed by atoms with E-state index in [0.717, 1.165) is 4.31 Å². The number of nitrogens with one attached hydrogen (secondary N) is 1. The normalized spacial score (nSPS) is 12.4. The molecule has 0 spiro atoms. The van der Waals surface area contributed by atoms with Gasteiger partial charge in [0, 0.05) is 31.8 Å². The number of hydroxylamine groups is 1. The molecular formula is C9H14Cl3N3O4S. The van der Waals surface area contributed by atoms with Gasteiger partial charge in [-0.05, 0) is 5.92 Å². The molecule has 3 N–H and O–H groups in total. The van der Waals surface area contributed by atoms with E-state index in [-0.39, 0.29) is 18.8 Å². The maximum Gasteiger partial charge on any atom is 0.444 e. The predicted molar refractivity (Wildman–Crippen MR) is 77.9 cm³/mol. The smallest absolute Gasteiger partial charge is 0.370 e. The highest BCUT2D eigenvalue weighted by Gasteiger charge is 2.27.